The number of nitrogens with zero attached hydrogens (tertiary/aromatic N) is 1. The van der Waals surface area contributed by atoms with Gasteiger partial charge in [-0.15, -0.1) is 0 Å². The van der Waals surface area contributed by atoms with E-state index in [4.69, 9.17) is 5.11 Å². The van der Waals surface area contributed by atoms with Crippen molar-refractivity contribution in [3.05, 3.63) is 0 Å². The Hall–Kier alpha value is -1.30. The zero-order valence-electron chi connectivity index (χ0n) is 11.2. The van der Waals surface area contributed by atoms with E-state index in [0.717, 1.165) is 19.4 Å². The van der Waals surface area contributed by atoms with Gasteiger partial charge in [-0.25, -0.2) is 4.79 Å². The Kier molecular flexibility index (Phi) is 5.40. The van der Waals surface area contributed by atoms with Gasteiger partial charge in [-0.2, -0.15) is 0 Å². The monoisotopic (exact) mass is 257 g/mol. The third-order valence-corrected chi connectivity index (χ3v) is 3.42. The Balaban J connectivity index is 2.15. The minimum Gasteiger partial charge on any atom is -0.481 e. The maximum Gasteiger partial charge on any atom is 0.314 e. The molecule has 6 nitrogen and oxygen atoms in total. The van der Waals surface area contributed by atoms with Crippen LogP contribution in [0.5, 0.6) is 0 Å². The second-order valence-electron chi connectivity index (χ2n) is 5.21. The van der Waals surface area contributed by atoms with Gasteiger partial charge in [0.1, 0.15) is 0 Å². The smallest absolute Gasteiger partial charge is 0.314 e. The van der Waals surface area contributed by atoms with Gasteiger partial charge in [0.05, 0.1) is 5.41 Å². The fourth-order valence-electron chi connectivity index (χ4n) is 1.98. The first-order valence-corrected chi connectivity index (χ1v) is 6.36. The van der Waals surface area contributed by atoms with Gasteiger partial charge >= 0.3 is 12.0 Å². The van der Waals surface area contributed by atoms with Crippen molar-refractivity contribution in [3.8, 4) is 0 Å². The molecule has 1 fully saturated rings. The molecule has 6 heteroatoms. The molecular weight excluding hydrogens is 234 g/mol. The Morgan fingerprint density at radius 1 is 1.28 bits per heavy atom. The van der Waals surface area contributed by atoms with E-state index in [-0.39, 0.29) is 12.6 Å². The molecule has 0 aliphatic heterocycles. The second kappa shape index (κ2) is 6.58. The van der Waals surface area contributed by atoms with Crippen molar-refractivity contribution >= 4 is 12.0 Å². The van der Waals surface area contributed by atoms with Crippen molar-refractivity contribution in [1.82, 2.24) is 15.5 Å². The molecule has 0 radical (unpaired) electrons. The minimum atomic E-state index is -0.804. The lowest BCUT2D eigenvalue weighted by molar-refractivity contribution is -0.153. The van der Waals surface area contributed by atoms with Gasteiger partial charge in [0.25, 0.3) is 0 Å². The quantitative estimate of drug-likeness (QED) is 0.580. The van der Waals surface area contributed by atoms with Crippen LogP contribution in [0, 0.1) is 5.41 Å². The molecule has 2 amide bonds. The molecule has 1 aliphatic carbocycles. The number of aliphatic carboxylic acids is 1. The van der Waals surface area contributed by atoms with Crippen LogP contribution in [0.15, 0.2) is 0 Å². The van der Waals surface area contributed by atoms with Crippen LogP contribution in [0.2, 0.25) is 0 Å². The third-order valence-electron chi connectivity index (χ3n) is 3.42. The van der Waals surface area contributed by atoms with E-state index in [9.17, 15) is 9.59 Å². The third kappa shape index (κ3) is 4.18. The molecule has 0 heterocycles. The van der Waals surface area contributed by atoms with Crippen molar-refractivity contribution < 1.29 is 14.7 Å². The van der Waals surface area contributed by atoms with Gasteiger partial charge in [-0.1, -0.05) is 6.42 Å². The summed E-state index contributed by atoms with van der Waals surface area (Å²) in [4.78, 5) is 24.6. The first-order chi connectivity index (χ1) is 8.46. The maximum atomic E-state index is 11.5. The summed E-state index contributed by atoms with van der Waals surface area (Å²) in [5.41, 5.74) is -0.721. The standard InChI is InChI=1S/C12H23N3O3/c1-15(2)8-4-7-13-11(18)14-9-12(10(16)17)5-3-6-12/h3-9H2,1-2H3,(H,16,17)(H2,13,14,18). The van der Waals surface area contributed by atoms with E-state index >= 15 is 0 Å². The largest absolute Gasteiger partial charge is 0.481 e. The molecule has 104 valence electrons. The highest BCUT2D eigenvalue weighted by molar-refractivity contribution is 5.78. The molecule has 1 aliphatic rings. The molecule has 0 bridgehead atoms. The molecule has 0 aromatic heterocycles. The predicted molar refractivity (Wildman–Crippen MR) is 68.5 cm³/mol. The summed E-state index contributed by atoms with van der Waals surface area (Å²) in [5, 5.41) is 14.5. The average molecular weight is 257 g/mol. The zero-order chi connectivity index (χ0) is 13.6. The summed E-state index contributed by atoms with van der Waals surface area (Å²) in [5.74, 6) is -0.804. The molecular formula is C12H23N3O3. The van der Waals surface area contributed by atoms with Crippen LogP contribution < -0.4 is 10.6 Å². The van der Waals surface area contributed by atoms with Gasteiger partial charge < -0.3 is 20.6 Å². The van der Waals surface area contributed by atoms with Crippen LogP contribution >= 0.6 is 0 Å². The highest BCUT2D eigenvalue weighted by atomic mass is 16.4. The summed E-state index contributed by atoms with van der Waals surface area (Å²) >= 11 is 0. The van der Waals surface area contributed by atoms with Crippen LogP contribution in [0.4, 0.5) is 4.79 Å². The topological polar surface area (TPSA) is 81.7 Å². The number of carbonyl (C=O) groups excluding carboxylic acids is 1. The maximum absolute atomic E-state index is 11.5. The fourth-order valence-corrected chi connectivity index (χ4v) is 1.98. The van der Waals surface area contributed by atoms with Crippen molar-refractivity contribution in [3.63, 3.8) is 0 Å². The molecule has 1 rings (SSSR count). The number of hydrogen-bond acceptors (Lipinski definition) is 3. The summed E-state index contributed by atoms with van der Waals surface area (Å²) < 4.78 is 0. The van der Waals surface area contributed by atoms with Crippen molar-refractivity contribution in [1.29, 1.82) is 0 Å². The van der Waals surface area contributed by atoms with Crippen LogP contribution in [0.25, 0.3) is 0 Å². The normalized spacial score (nSPS) is 17.1. The summed E-state index contributed by atoms with van der Waals surface area (Å²) in [6, 6.07) is -0.277. The van der Waals surface area contributed by atoms with Crippen LogP contribution in [0.1, 0.15) is 25.7 Å². The van der Waals surface area contributed by atoms with Crippen LogP contribution in [-0.2, 0) is 4.79 Å². The van der Waals surface area contributed by atoms with Crippen molar-refractivity contribution in [2.45, 2.75) is 25.7 Å². The van der Waals surface area contributed by atoms with E-state index in [2.05, 4.69) is 10.6 Å². The number of amides is 2. The van der Waals surface area contributed by atoms with E-state index < -0.39 is 11.4 Å². The van der Waals surface area contributed by atoms with Gasteiger partial charge in [0, 0.05) is 13.1 Å². The summed E-state index contributed by atoms with van der Waals surface area (Å²) in [6.07, 6.45) is 3.12. The number of nitrogens with one attached hydrogen (secondary N) is 2. The molecule has 0 unspecified atom stereocenters. The summed E-state index contributed by atoms with van der Waals surface area (Å²) in [7, 11) is 3.96. The Labute approximate surface area is 108 Å². The van der Waals surface area contributed by atoms with Crippen LogP contribution in [0.3, 0.4) is 0 Å². The number of urea groups is 1. The van der Waals surface area contributed by atoms with Crippen molar-refractivity contribution in [2.75, 3.05) is 33.7 Å². The zero-order valence-corrected chi connectivity index (χ0v) is 11.2. The van der Waals surface area contributed by atoms with Gasteiger partial charge in [-0.3, -0.25) is 4.79 Å². The minimum absolute atomic E-state index is 0.224. The molecule has 0 saturated heterocycles. The molecule has 0 spiro atoms. The summed E-state index contributed by atoms with van der Waals surface area (Å²) in [6.45, 7) is 1.74. The van der Waals surface area contributed by atoms with Gasteiger partial charge in [0.15, 0.2) is 0 Å². The fraction of sp³-hybridized carbons (Fsp3) is 0.833. The lowest BCUT2D eigenvalue weighted by atomic mass is 9.69. The molecule has 3 N–H and O–H groups in total. The van der Waals surface area contributed by atoms with E-state index in [1.807, 2.05) is 19.0 Å². The second-order valence-corrected chi connectivity index (χ2v) is 5.21. The molecule has 0 atom stereocenters. The molecule has 0 aromatic rings. The number of carboxylic acid groups (broad SMARTS) is 1. The van der Waals surface area contributed by atoms with E-state index in [1.54, 1.807) is 0 Å². The number of rotatable bonds is 7. The first-order valence-electron chi connectivity index (χ1n) is 6.36. The van der Waals surface area contributed by atoms with Crippen LogP contribution in [-0.4, -0.2) is 55.7 Å². The first kappa shape index (κ1) is 14.8. The molecule has 0 aromatic carbocycles. The Bertz CT molecular complexity index is 301. The van der Waals surface area contributed by atoms with Crippen molar-refractivity contribution in [2.24, 2.45) is 5.41 Å². The number of carboxylic acids is 1. The lowest BCUT2D eigenvalue weighted by Gasteiger charge is -2.37. The molecule has 1 saturated carbocycles. The Morgan fingerprint density at radius 2 is 1.94 bits per heavy atom. The van der Waals surface area contributed by atoms with Gasteiger partial charge in [-0.05, 0) is 39.9 Å². The van der Waals surface area contributed by atoms with E-state index in [0.29, 0.717) is 19.4 Å². The SMILES string of the molecule is CN(C)CCCNC(=O)NCC1(C(=O)O)CCC1. The average Bonchev–Trinajstić information content (AvgIpc) is 2.22. The van der Waals surface area contributed by atoms with E-state index in [1.165, 1.54) is 0 Å². The number of carbonyl (C=O) groups is 2. The Morgan fingerprint density at radius 3 is 2.39 bits per heavy atom. The number of hydrogen-bond donors (Lipinski definition) is 3. The predicted octanol–water partition coefficient (Wildman–Crippen LogP) is 0.492. The highest BCUT2D eigenvalue weighted by Gasteiger charge is 2.44. The van der Waals surface area contributed by atoms with Gasteiger partial charge in [0.2, 0.25) is 0 Å². The highest BCUT2D eigenvalue weighted by Crippen LogP contribution is 2.40. The lowest BCUT2D eigenvalue weighted by Crippen LogP contribution is -2.49. The molecule has 18 heavy (non-hydrogen) atoms.